The SMILES string of the molecule is CC(C)CC1(C(=O)Nc2nn(C)cc2C#N)CCCC1. The summed E-state index contributed by atoms with van der Waals surface area (Å²) in [6, 6.07) is 2.07. The second kappa shape index (κ2) is 5.66. The average molecular weight is 274 g/mol. The molecule has 1 heterocycles. The summed E-state index contributed by atoms with van der Waals surface area (Å²) < 4.78 is 1.55. The Morgan fingerprint density at radius 3 is 2.75 bits per heavy atom. The normalized spacial score (nSPS) is 17.1. The van der Waals surface area contributed by atoms with Crippen LogP contribution in [0.1, 0.15) is 51.5 Å². The molecule has 0 saturated heterocycles. The molecule has 1 aliphatic carbocycles. The van der Waals surface area contributed by atoms with E-state index in [4.69, 9.17) is 5.26 Å². The van der Waals surface area contributed by atoms with Gasteiger partial charge in [0.1, 0.15) is 11.6 Å². The summed E-state index contributed by atoms with van der Waals surface area (Å²) in [5, 5.41) is 16.1. The number of amides is 1. The second-order valence-electron chi connectivity index (χ2n) is 6.22. The van der Waals surface area contributed by atoms with Gasteiger partial charge in [-0.25, -0.2) is 0 Å². The first-order valence-electron chi connectivity index (χ1n) is 7.22. The molecule has 0 bridgehead atoms. The maximum atomic E-state index is 12.7. The van der Waals surface area contributed by atoms with Gasteiger partial charge in [0.15, 0.2) is 5.82 Å². The highest BCUT2D eigenvalue weighted by atomic mass is 16.2. The first-order valence-corrected chi connectivity index (χ1v) is 7.22. The van der Waals surface area contributed by atoms with Crippen LogP contribution in [0.3, 0.4) is 0 Å². The maximum Gasteiger partial charge on any atom is 0.231 e. The molecule has 0 unspecified atom stereocenters. The molecule has 5 heteroatoms. The zero-order valence-corrected chi connectivity index (χ0v) is 12.4. The highest BCUT2D eigenvalue weighted by molar-refractivity contribution is 5.95. The zero-order valence-electron chi connectivity index (χ0n) is 12.4. The molecule has 1 aliphatic rings. The van der Waals surface area contributed by atoms with Crippen molar-refractivity contribution in [2.24, 2.45) is 18.4 Å². The van der Waals surface area contributed by atoms with Crippen molar-refractivity contribution in [1.82, 2.24) is 9.78 Å². The topological polar surface area (TPSA) is 70.7 Å². The number of aromatic nitrogens is 2. The zero-order chi connectivity index (χ0) is 14.8. The third-order valence-electron chi connectivity index (χ3n) is 4.02. The van der Waals surface area contributed by atoms with Gasteiger partial charge in [-0.1, -0.05) is 26.7 Å². The number of hydrogen-bond donors (Lipinski definition) is 1. The van der Waals surface area contributed by atoms with Gasteiger partial charge in [0.05, 0.1) is 0 Å². The quantitative estimate of drug-likeness (QED) is 0.917. The Balaban J connectivity index is 2.19. The van der Waals surface area contributed by atoms with E-state index in [1.54, 1.807) is 17.9 Å². The molecule has 0 aromatic carbocycles. The number of nitriles is 1. The second-order valence-corrected chi connectivity index (χ2v) is 6.22. The number of carbonyl (C=O) groups excluding carboxylic acids is 1. The lowest BCUT2D eigenvalue weighted by Crippen LogP contribution is -2.35. The van der Waals surface area contributed by atoms with Gasteiger partial charge >= 0.3 is 0 Å². The Morgan fingerprint density at radius 1 is 1.55 bits per heavy atom. The third-order valence-corrected chi connectivity index (χ3v) is 4.02. The molecule has 5 nitrogen and oxygen atoms in total. The van der Waals surface area contributed by atoms with Crippen LogP contribution in [0.15, 0.2) is 6.20 Å². The van der Waals surface area contributed by atoms with E-state index in [0.29, 0.717) is 17.3 Å². The fraction of sp³-hybridized carbons (Fsp3) is 0.667. The van der Waals surface area contributed by atoms with Crippen LogP contribution in [-0.2, 0) is 11.8 Å². The molecule has 1 saturated carbocycles. The minimum absolute atomic E-state index is 0.0268. The van der Waals surface area contributed by atoms with Crippen LogP contribution < -0.4 is 5.32 Å². The summed E-state index contributed by atoms with van der Waals surface area (Å²) in [6.45, 7) is 4.30. The lowest BCUT2D eigenvalue weighted by atomic mass is 9.77. The third kappa shape index (κ3) is 2.84. The molecule has 1 amide bonds. The largest absolute Gasteiger partial charge is 0.308 e. The minimum Gasteiger partial charge on any atom is -0.308 e. The molecule has 1 aromatic rings. The summed E-state index contributed by atoms with van der Waals surface area (Å²) in [5.41, 5.74) is 0.136. The Hall–Kier alpha value is -1.83. The number of rotatable bonds is 4. The molecule has 0 spiro atoms. The van der Waals surface area contributed by atoms with Crippen LogP contribution in [0.25, 0.3) is 0 Å². The Kier molecular flexibility index (Phi) is 4.12. The van der Waals surface area contributed by atoms with Gasteiger partial charge in [0.2, 0.25) is 5.91 Å². The van der Waals surface area contributed by atoms with Gasteiger partial charge < -0.3 is 5.32 Å². The average Bonchev–Trinajstić information content (AvgIpc) is 2.96. The van der Waals surface area contributed by atoms with E-state index < -0.39 is 0 Å². The number of carbonyl (C=O) groups is 1. The fourth-order valence-electron chi connectivity index (χ4n) is 3.26. The molecule has 1 fully saturated rings. The number of aryl methyl sites for hydroxylation is 1. The number of anilines is 1. The predicted molar refractivity (Wildman–Crippen MR) is 76.9 cm³/mol. The standard InChI is InChI=1S/C15H22N4O/c1-11(2)8-15(6-4-5-7-15)14(20)17-13-12(9-16)10-19(3)18-13/h10-11H,4-8H2,1-3H3,(H,17,18,20). The van der Waals surface area contributed by atoms with E-state index in [1.165, 1.54) is 0 Å². The lowest BCUT2D eigenvalue weighted by molar-refractivity contribution is -0.126. The molecule has 108 valence electrons. The van der Waals surface area contributed by atoms with E-state index in [0.717, 1.165) is 32.1 Å². The first kappa shape index (κ1) is 14.6. The Morgan fingerprint density at radius 2 is 2.20 bits per heavy atom. The van der Waals surface area contributed by atoms with Crippen molar-refractivity contribution in [3.63, 3.8) is 0 Å². The maximum absolute atomic E-state index is 12.7. The molecular formula is C15H22N4O. The molecule has 0 aliphatic heterocycles. The van der Waals surface area contributed by atoms with Crippen molar-refractivity contribution in [2.45, 2.75) is 46.0 Å². The van der Waals surface area contributed by atoms with E-state index in [-0.39, 0.29) is 11.3 Å². The van der Waals surface area contributed by atoms with Crippen molar-refractivity contribution in [3.8, 4) is 6.07 Å². The van der Waals surface area contributed by atoms with E-state index >= 15 is 0 Å². The highest BCUT2D eigenvalue weighted by Crippen LogP contribution is 2.44. The van der Waals surface area contributed by atoms with Gasteiger partial charge in [0.25, 0.3) is 0 Å². The van der Waals surface area contributed by atoms with Crippen LogP contribution in [0.2, 0.25) is 0 Å². The minimum atomic E-state index is -0.279. The number of hydrogen-bond acceptors (Lipinski definition) is 3. The van der Waals surface area contributed by atoms with Gasteiger partial charge in [-0.15, -0.1) is 0 Å². The lowest BCUT2D eigenvalue weighted by Gasteiger charge is -2.29. The summed E-state index contributed by atoms with van der Waals surface area (Å²) in [5.74, 6) is 0.895. The van der Waals surface area contributed by atoms with Gasteiger partial charge in [-0.2, -0.15) is 10.4 Å². The van der Waals surface area contributed by atoms with Crippen LogP contribution in [0.5, 0.6) is 0 Å². The number of nitrogens with zero attached hydrogens (tertiary/aromatic N) is 3. The molecule has 2 rings (SSSR count). The van der Waals surface area contributed by atoms with Crippen molar-refractivity contribution in [3.05, 3.63) is 11.8 Å². The van der Waals surface area contributed by atoms with E-state index in [1.807, 2.05) is 0 Å². The van der Waals surface area contributed by atoms with Gasteiger partial charge in [0, 0.05) is 18.7 Å². The van der Waals surface area contributed by atoms with Gasteiger partial charge in [-0.3, -0.25) is 9.48 Å². The van der Waals surface area contributed by atoms with Crippen LogP contribution >= 0.6 is 0 Å². The molecule has 20 heavy (non-hydrogen) atoms. The molecule has 1 N–H and O–H groups in total. The van der Waals surface area contributed by atoms with Crippen LogP contribution in [-0.4, -0.2) is 15.7 Å². The smallest absolute Gasteiger partial charge is 0.231 e. The van der Waals surface area contributed by atoms with Crippen molar-refractivity contribution in [1.29, 1.82) is 5.26 Å². The van der Waals surface area contributed by atoms with Crippen LogP contribution in [0, 0.1) is 22.7 Å². The van der Waals surface area contributed by atoms with Crippen molar-refractivity contribution in [2.75, 3.05) is 5.32 Å². The molecular weight excluding hydrogens is 252 g/mol. The number of nitrogens with one attached hydrogen (secondary N) is 1. The van der Waals surface area contributed by atoms with Crippen molar-refractivity contribution < 1.29 is 4.79 Å². The Bertz CT molecular complexity index is 533. The highest BCUT2D eigenvalue weighted by Gasteiger charge is 2.41. The Labute approximate surface area is 120 Å². The summed E-state index contributed by atoms with van der Waals surface area (Å²) >= 11 is 0. The van der Waals surface area contributed by atoms with E-state index in [2.05, 4.69) is 30.3 Å². The first-order chi connectivity index (χ1) is 9.47. The molecule has 1 aromatic heterocycles. The molecule has 0 atom stereocenters. The predicted octanol–water partition coefficient (Wildman–Crippen LogP) is 2.84. The van der Waals surface area contributed by atoms with Crippen LogP contribution in [0.4, 0.5) is 5.82 Å². The summed E-state index contributed by atoms with van der Waals surface area (Å²) in [4.78, 5) is 12.7. The molecule has 0 radical (unpaired) electrons. The van der Waals surface area contributed by atoms with E-state index in [9.17, 15) is 4.79 Å². The monoisotopic (exact) mass is 274 g/mol. The van der Waals surface area contributed by atoms with Crippen molar-refractivity contribution >= 4 is 11.7 Å². The summed E-state index contributed by atoms with van der Waals surface area (Å²) in [6.07, 6.45) is 6.60. The van der Waals surface area contributed by atoms with Gasteiger partial charge in [-0.05, 0) is 25.2 Å². The summed E-state index contributed by atoms with van der Waals surface area (Å²) in [7, 11) is 1.75. The fourth-order valence-corrected chi connectivity index (χ4v) is 3.26.